The Morgan fingerprint density at radius 3 is 2.45 bits per heavy atom. The Morgan fingerprint density at radius 2 is 2.09 bits per heavy atom. The number of ether oxygens (including phenoxy) is 1. The Hall–Kier alpha value is -0.620. The van der Waals surface area contributed by atoms with Crippen LogP contribution in [0, 0.1) is 0 Å². The molecule has 0 atom stereocenters. The smallest absolute Gasteiger partial charge is 0.349 e. The number of allylic oxidation sites excluding steroid dienone is 2. The van der Waals surface area contributed by atoms with Gasteiger partial charge in [-0.3, -0.25) is 5.26 Å². The van der Waals surface area contributed by atoms with Gasteiger partial charge in [0.1, 0.15) is 0 Å². The normalized spacial score (nSPS) is 13.4. The van der Waals surface area contributed by atoms with E-state index < -0.39 is 12.6 Å². The van der Waals surface area contributed by atoms with E-state index in [2.05, 4.69) is 9.62 Å². The largest absolute Gasteiger partial charge is 0.443 e. The molecule has 0 aromatic carbocycles. The summed E-state index contributed by atoms with van der Waals surface area (Å²) in [5.74, 6) is -2.14. The summed E-state index contributed by atoms with van der Waals surface area (Å²) in [6, 6.07) is 0. The first-order chi connectivity index (χ1) is 5.02. The van der Waals surface area contributed by atoms with Gasteiger partial charge in [-0.15, -0.1) is 0 Å². The quantitative estimate of drug-likeness (QED) is 0.237. The fourth-order valence-electron chi connectivity index (χ4n) is 0.430. The average molecular weight is 164 g/mol. The predicted molar refractivity (Wildman–Crippen MR) is 36.3 cm³/mol. The molecule has 0 unspecified atom stereocenters. The van der Waals surface area contributed by atoms with Crippen molar-refractivity contribution in [2.24, 2.45) is 0 Å². The minimum Gasteiger partial charge on any atom is -0.443 e. The lowest BCUT2D eigenvalue weighted by Gasteiger charge is -2.20. The zero-order chi connectivity index (χ0) is 8.91. The summed E-state index contributed by atoms with van der Waals surface area (Å²) in [4.78, 5) is 3.50. The van der Waals surface area contributed by atoms with Crippen LogP contribution >= 0.6 is 0 Å². The van der Waals surface area contributed by atoms with E-state index in [9.17, 15) is 0 Å². The summed E-state index contributed by atoms with van der Waals surface area (Å²) < 4.78 is 4.51. The van der Waals surface area contributed by atoms with E-state index in [-0.39, 0.29) is 0 Å². The maximum Gasteiger partial charge on any atom is 0.349 e. The molecule has 11 heavy (non-hydrogen) atoms. The minimum atomic E-state index is -2.47. The second-order valence-electron chi connectivity index (χ2n) is 2.02. The summed E-state index contributed by atoms with van der Waals surface area (Å²) in [5, 5.41) is 25.5. The third-order valence-corrected chi connectivity index (χ3v) is 0.984. The van der Waals surface area contributed by atoms with Crippen LogP contribution in [0.5, 0.6) is 0 Å². The molecule has 0 fully saturated rings. The van der Waals surface area contributed by atoms with E-state index in [0.29, 0.717) is 5.76 Å². The van der Waals surface area contributed by atoms with Crippen molar-refractivity contribution in [1.29, 1.82) is 0 Å². The molecule has 0 heterocycles. The predicted octanol–water partition coefficient (Wildman–Crippen LogP) is 0.0547. The lowest BCUT2D eigenvalue weighted by atomic mass is 10.5. The van der Waals surface area contributed by atoms with Crippen molar-refractivity contribution in [2.75, 3.05) is 6.61 Å². The van der Waals surface area contributed by atoms with Gasteiger partial charge in [0.05, 0.1) is 5.76 Å². The Kier molecular flexibility index (Phi) is 4.06. The number of rotatable bonds is 4. The molecule has 5 nitrogen and oxygen atoms in total. The van der Waals surface area contributed by atoms with E-state index in [1.165, 1.54) is 0 Å². The van der Waals surface area contributed by atoms with Crippen molar-refractivity contribution in [2.45, 2.75) is 19.8 Å². The van der Waals surface area contributed by atoms with E-state index >= 15 is 0 Å². The monoisotopic (exact) mass is 164 g/mol. The van der Waals surface area contributed by atoms with Gasteiger partial charge in [0, 0.05) is 0 Å². The van der Waals surface area contributed by atoms with Crippen LogP contribution in [0.1, 0.15) is 13.8 Å². The van der Waals surface area contributed by atoms with Crippen LogP contribution in [0.15, 0.2) is 11.8 Å². The SMILES string of the molecule is C/C=C(\C)OC(O)(O)COO. The Morgan fingerprint density at radius 1 is 1.55 bits per heavy atom. The number of hydrogen-bond donors (Lipinski definition) is 3. The minimum absolute atomic E-state index is 0.326. The van der Waals surface area contributed by atoms with Gasteiger partial charge in [0.25, 0.3) is 0 Å². The highest BCUT2D eigenvalue weighted by molar-refractivity contribution is 4.85. The third kappa shape index (κ3) is 4.74. The molecule has 0 radical (unpaired) electrons. The number of aliphatic hydroxyl groups is 2. The summed E-state index contributed by atoms with van der Waals surface area (Å²) in [7, 11) is 0. The van der Waals surface area contributed by atoms with Gasteiger partial charge in [-0.2, -0.15) is 0 Å². The van der Waals surface area contributed by atoms with E-state index in [4.69, 9.17) is 15.5 Å². The molecule has 0 aliphatic heterocycles. The molecule has 0 bridgehead atoms. The first-order valence-corrected chi connectivity index (χ1v) is 3.05. The summed E-state index contributed by atoms with van der Waals surface area (Å²) in [6.07, 6.45) is 1.54. The highest BCUT2D eigenvalue weighted by atomic mass is 17.1. The lowest BCUT2D eigenvalue weighted by Crippen LogP contribution is -2.36. The van der Waals surface area contributed by atoms with E-state index in [1.807, 2.05) is 0 Å². The molecule has 0 spiro atoms. The molecule has 0 aliphatic rings. The average Bonchev–Trinajstić information content (AvgIpc) is 1.86. The molecule has 0 aromatic rings. The zero-order valence-electron chi connectivity index (χ0n) is 6.44. The van der Waals surface area contributed by atoms with Gasteiger partial charge in [-0.1, -0.05) is 0 Å². The van der Waals surface area contributed by atoms with Crippen molar-refractivity contribution >= 4 is 0 Å². The summed E-state index contributed by atoms with van der Waals surface area (Å²) in [5.41, 5.74) is 0. The number of hydrogen-bond acceptors (Lipinski definition) is 5. The molecular formula is C6H12O5. The lowest BCUT2D eigenvalue weighted by molar-refractivity contribution is -0.387. The molecule has 66 valence electrons. The first kappa shape index (κ1) is 10.4. The molecule has 3 N–H and O–H groups in total. The van der Waals surface area contributed by atoms with Crippen molar-refractivity contribution < 1.29 is 25.1 Å². The topological polar surface area (TPSA) is 79.2 Å². The highest BCUT2D eigenvalue weighted by Gasteiger charge is 2.25. The third-order valence-electron chi connectivity index (χ3n) is 0.984. The van der Waals surface area contributed by atoms with E-state index in [0.717, 1.165) is 0 Å². The van der Waals surface area contributed by atoms with Crippen LogP contribution in [-0.2, 0) is 9.62 Å². The second-order valence-corrected chi connectivity index (χ2v) is 2.02. The van der Waals surface area contributed by atoms with Crippen LogP contribution in [0.25, 0.3) is 0 Å². The summed E-state index contributed by atoms with van der Waals surface area (Å²) in [6.45, 7) is 2.49. The Balaban J connectivity index is 3.90. The van der Waals surface area contributed by atoms with Gasteiger partial charge in [0.15, 0.2) is 6.61 Å². The van der Waals surface area contributed by atoms with Gasteiger partial charge in [-0.25, -0.2) is 4.89 Å². The molecule has 0 saturated carbocycles. The van der Waals surface area contributed by atoms with Gasteiger partial charge < -0.3 is 14.9 Å². The van der Waals surface area contributed by atoms with Crippen molar-refractivity contribution in [3.05, 3.63) is 11.8 Å². The van der Waals surface area contributed by atoms with Gasteiger partial charge in [-0.05, 0) is 19.9 Å². The first-order valence-electron chi connectivity index (χ1n) is 3.05. The van der Waals surface area contributed by atoms with Crippen LogP contribution < -0.4 is 0 Å². The van der Waals surface area contributed by atoms with Crippen LogP contribution in [0.3, 0.4) is 0 Å². The zero-order valence-corrected chi connectivity index (χ0v) is 6.44. The molecule has 0 aromatic heterocycles. The molecule has 0 rings (SSSR count). The highest BCUT2D eigenvalue weighted by Crippen LogP contribution is 2.08. The molecule has 0 amide bonds. The molecular weight excluding hydrogens is 152 g/mol. The maximum absolute atomic E-state index is 8.82. The standard InChI is InChI=1S/C6H12O5/c1-3-5(2)11-6(7,8)4-10-9/h3,7-9H,4H2,1-2H3/b5-3+. The molecule has 0 aliphatic carbocycles. The van der Waals surface area contributed by atoms with Crippen molar-refractivity contribution in [1.82, 2.24) is 0 Å². The van der Waals surface area contributed by atoms with E-state index in [1.54, 1.807) is 19.9 Å². The Labute approximate surface area is 64.4 Å². The van der Waals surface area contributed by atoms with Crippen LogP contribution in [-0.4, -0.2) is 28.1 Å². The Bertz CT molecular complexity index is 140. The molecule has 5 heteroatoms. The molecule has 0 saturated heterocycles. The second kappa shape index (κ2) is 4.30. The maximum atomic E-state index is 8.82. The van der Waals surface area contributed by atoms with Crippen LogP contribution in [0.4, 0.5) is 0 Å². The fraction of sp³-hybridized carbons (Fsp3) is 0.667. The fourth-order valence-corrected chi connectivity index (χ4v) is 0.430. The van der Waals surface area contributed by atoms with Crippen molar-refractivity contribution in [3.63, 3.8) is 0 Å². The van der Waals surface area contributed by atoms with Gasteiger partial charge >= 0.3 is 5.97 Å². The van der Waals surface area contributed by atoms with Gasteiger partial charge in [0.2, 0.25) is 0 Å². The van der Waals surface area contributed by atoms with Crippen LogP contribution in [0.2, 0.25) is 0 Å². The summed E-state index contributed by atoms with van der Waals surface area (Å²) >= 11 is 0. The van der Waals surface area contributed by atoms with Crippen molar-refractivity contribution in [3.8, 4) is 0 Å².